The van der Waals surface area contributed by atoms with Gasteiger partial charge in [0, 0.05) is 35.6 Å². The third-order valence-electron chi connectivity index (χ3n) is 2.75. The number of aromatic amines is 1. The van der Waals surface area contributed by atoms with Gasteiger partial charge >= 0.3 is 0 Å². The molecule has 0 bridgehead atoms. The minimum atomic E-state index is -0.221. The number of pyridine rings is 1. The van der Waals surface area contributed by atoms with E-state index >= 15 is 0 Å². The lowest BCUT2D eigenvalue weighted by Gasteiger charge is -2.14. The Morgan fingerprint density at radius 1 is 1.40 bits per heavy atom. The van der Waals surface area contributed by atoms with E-state index in [1.807, 2.05) is 18.2 Å². The molecule has 1 amide bonds. The first-order valence-electron chi connectivity index (χ1n) is 6.40. The number of carbonyl (C=O) groups excluding carboxylic acids is 1. The van der Waals surface area contributed by atoms with Crippen LogP contribution in [-0.2, 0) is 10.2 Å². The number of hydrogen-bond acceptors (Lipinski definition) is 3. The highest BCUT2D eigenvalue weighted by Gasteiger charge is 2.16. The van der Waals surface area contributed by atoms with Crippen molar-refractivity contribution in [3.05, 3.63) is 47.9 Å². The molecule has 0 fully saturated rings. The van der Waals surface area contributed by atoms with Crippen LogP contribution in [0.25, 0.3) is 6.08 Å². The molecule has 0 spiro atoms. The maximum atomic E-state index is 11.8. The summed E-state index contributed by atoms with van der Waals surface area (Å²) in [6.45, 7) is 6.23. The van der Waals surface area contributed by atoms with E-state index in [0.29, 0.717) is 5.82 Å². The van der Waals surface area contributed by atoms with Crippen LogP contribution in [0.15, 0.2) is 36.7 Å². The lowest BCUT2D eigenvalue weighted by Crippen LogP contribution is -2.11. The van der Waals surface area contributed by atoms with Gasteiger partial charge in [-0.15, -0.1) is 0 Å². The van der Waals surface area contributed by atoms with Crippen LogP contribution >= 0.6 is 0 Å². The first kappa shape index (κ1) is 14.0. The monoisotopic (exact) mass is 270 g/mol. The van der Waals surface area contributed by atoms with Crippen molar-refractivity contribution in [2.75, 3.05) is 5.32 Å². The predicted octanol–water partition coefficient (Wildman–Crippen LogP) is 2.75. The SMILES string of the molecule is CC(C)(C)c1cc(NC(=O)/C=C/c2cccnc2)n[nH]1. The number of rotatable bonds is 3. The van der Waals surface area contributed by atoms with Crippen molar-refractivity contribution in [2.24, 2.45) is 0 Å². The van der Waals surface area contributed by atoms with Gasteiger partial charge in [-0.3, -0.25) is 14.9 Å². The van der Waals surface area contributed by atoms with Gasteiger partial charge in [0.05, 0.1) is 0 Å². The van der Waals surface area contributed by atoms with E-state index in [0.717, 1.165) is 11.3 Å². The van der Waals surface area contributed by atoms with Gasteiger partial charge in [-0.1, -0.05) is 26.8 Å². The van der Waals surface area contributed by atoms with Crippen molar-refractivity contribution < 1.29 is 4.79 Å². The molecule has 0 saturated carbocycles. The van der Waals surface area contributed by atoms with E-state index in [2.05, 4.69) is 41.3 Å². The average molecular weight is 270 g/mol. The van der Waals surface area contributed by atoms with E-state index in [-0.39, 0.29) is 11.3 Å². The highest BCUT2D eigenvalue weighted by Crippen LogP contribution is 2.21. The van der Waals surface area contributed by atoms with Crippen LogP contribution in [0, 0.1) is 0 Å². The zero-order chi connectivity index (χ0) is 14.6. The Kier molecular flexibility index (Phi) is 3.98. The van der Waals surface area contributed by atoms with Gasteiger partial charge in [0.2, 0.25) is 5.91 Å². The summed E-state index contributed by atoms with van der Waals surface area (Å²) in [4.78, 5) is 15.7. The van der Waals surface area contributed by atoms with Crippen LogP contribution in [0.2, 0.25) is 0 Å². The summed E-state index contributed by atoms with van der Waals surface area (Å²) >= 11 is 0. The quantitative estimate of drug-likeness (QED) is 0.842. The highest BCUT2D eigenvalue weighted by molar-refractivity contribution is 6.01. The predicted molar refractivity (Wildman–Crippen MR) is 79.2 cm³/mol. The Morgan fingerprint density at radius 2 is 2.20 bits per heavy atom. The highest BCUT2D eigenvalue weighted by atomic mass is 16.1. The summed E-state index contributed by atoms with van der Waals surface area (Å²) in [6.07, 6.45) is 6.55. The van der Waals surface area contributed by atoms with Crippen LogP contribution < -0.4 is 5.32 Å². The first-order valence-corrected chi connectivity index (χ1v) is 6.40. The number of hydrogen-bond donors (Lipinski definition) is 2. The molecule has 0 aliphatic rings. The Bertz CT molecular complexity index is 608. The van der Waals surface area contributed by atoms with Crippen LogP contribution in [-0.4, -0.2) is 21.1 Å². The average Bonchev–Trinajstić information content (AvgIpc) is 2.86. The summed E-state index contributed by atoms with van der Waals surface area (Å²) in [5.41, 5.74) is 1.82. The molecule has 5 heteroatoms. The van der Waals surface area contributed by atoms with Gasteiger partial charge in [0.25, 0.3) is 0 Å². The molecule has 0 atom stereocenters. The lowest BCUT2D eigenvalue weighted by molar-refractivity contribution is -0.111. The zero-order valence-electron chi connectivity index (χ0n) is 11.8. The largest absolute Gasteiger partial charge is 0.306 e. The number of aromatic nitrogens is 3. The van der Waals surface area contributed by atoms with Crippen molar-refractivity contribution in [1.29, 1.82) is 0 Å². The minimum absolute atomic E-state index is 0.0263. The van der Waals surface area contributed by atoms with Gasteiger partial charge in [-0.25, -0.2) is 0 Å². The molecular weight excluding hydrogens is 252 g/mol. The van der Waals surface area contributed by atoms with E-state index in [1.54, 1.807) is 18.5 Å². The summed E-state index contributed by atoms with van der Waals surface area (Å²) in [7, 11) is 0. The summed E-state index contributed by atoms with van der Waals surface area (Å²) in [6, 6.07) is 5.54. The van der Waals surface area contributed by atoms with Crippen LogP contribution in [0.1, 0.15) is 32.0 Å². The molecule has 2 heterocycles. The van der Waals surface area contributed by atoms with E-state index in [1.165, 1.54) is 6.08 Å². The fourth-order valence-electron chi connectivity index (χ4n) is 1.58. The van der Waals surface area contributed by atoms with E-state index in [4.69, 9.17) is 0 Å². The summed E-state index contributed by atoms with van der Waals surface area (Å²) < 4.78 is 0. The van der Waals surface area contributed by atoms with Gasteiger partial charge in [0.15, 0.2) is 5.82 Å². The molecule has 2 aromatic heterocycles. The Morgan fingerprint density at radius 3 is 2.80 bits per heavy atom. The molecule has 5 nitrogen and oxygen atoms in total. The number of H-pyrrole nitrogens is 1. The van der Waals surface area contributed by atoms with Crippen LogP contribution in [0.3, 0.4) is 0 Å². The van der Waals surface area contributed by atoms with Crippen molar-refractivity contribution in [2.45, 2.75) is 26.2 Å². The van der Waals surface area contributed by atoms with Crippen molar-refractivity contribution in [3.8, 4) is 0 Å². The fourth-order valence-corrected chi connectivity index (χ4v) is 1.58. The molecule has 2 aromatic rings. The Hall–Kier alpha value is -2.43. The molecule has 0 aliphatic heterocycles. The fraction of sp³-hybridized carbons (Fsp3) is 0.267. The van der Waals surface area contributed by atoms with Crippen molar-refractivity contribution in [1.82, 2.24) is 15.2 Å². The Balaban J connectivity index is 1.98. The van der Waals surface area contributed by atoms with E-state index in [9.17, 15) is 4.79 Å². The second-order valence-electron chi connectivity index (χ2n) is 5.53. The van der Waals surface area contributed by atoms with Gasteiger partial charge in [-0.2, -0.15) is 5.10 Å². The minimum Gasteiger partial charge on any atom is -0.306 e. The van der Waals surface area contributed by atoms with Crippen molar-refractivity contribution >= 4 is 17.8 Å². The van der Waals surface area contributed by atoms with Gasteiger partial charge < -0.3 is 5.32 Å². The summed E-state index contributed by atoms with van der Waals surface area (Å²) in [5.74, 6) is 0.302. The first-order chi connectivity index (χ1) is 9.45. The molecule has 2 rings (SSSR count). The third kappa shape index (κ3) is 3.78. The molecule has 2 N–H and O–H groups in total. The second-order valence-corrected chi connectivity index (χ2v) is 5.53. The number of nitrogens with zero attached hydrogens (tertiary/aromatic N) is 2. The standard InChI is InChI=1S/C15H18N4O/c1-15(2,3)12-9-13(19-18-12)17-14(20)7-6-11-5-4-8-16-10-11/h4-10H,1-3H3,(H2,17,18,19,20)/b7-6+. The number of nitrogens with one attached hydrogen (secondary N) is 2. The normalized spacial score (nSPS) is 11.8. The lowest BCUT2D eigenvalue weighted by atomic mass is 9.92. The number of carbonyl (C=O) groups is 1. The van der Waals surface area contributed by atoms with Crippen molar-refractivity contribution in [3.63, 3.8) is 0 Å². The maximum Gasteiger partial charge on any atom is 0.249 e. The zero-order valence-corrected chi connectivity index (χ0v) is 11.8. The number of amides is 1. The van der Waals surface area contributed by atoms with Gasteiger partial charge in [0.1, 0.15) is 0 Å². The molecule has 0 saturated heterocycles. The van der Waals surface area contributed by atoms with E-state index < -0.39 is 0 Å². The topological polar surface area (TPSA) is 70.7 Å². The molecular formula is C15H18N4O. The molecule has 104 valence electrons. The summed E-state index contributed by atoms with van der Waals surface area (Å²) in [5, 5.41) is 9.72. The van der Waals surface area contributed by atoms with Crippen LogP contribution in [0.5, 0.6) is 0 Å². The second kappa shape index (κ2) is 5.69. The molecule has 0 aliphatic carbocycles. The molecule has 0 radical (unpaired) electrons. The molecule has 20 heavy (non-hydrogen) atoms. The van der Waals surface area contributed by atoms with Crippen LogP contribution in [0.4, 0.5) is 5.82 Å². The molecule has 0 aromatic carbocycles. The Labute approximate surface area is 118 Å². The molecule has 0 unspecified atom stereocenters. The maximum absolute atomic E-state index is 11.8. The smallest absolute Gasteiger partial charge is 0.249 e. The third-order valence-corrected chi connectivity index (χ3v) is 2.75. The number of anilines is 1. The van der Waals surface area contributed by atoms with Gasteiger partial charge in [-0.05, 0) is 17.7 Å².